The molecule has 0 unspecified atom stereocenters. The minimum Gasteiger partial charge on any atom is -0.484 e. The van der Waals surface area contributed by atoms with Gasteiger partial charge in [-0.05, 0) is 31.0 Å². The second kappa shape index (κ2) is 9.22. The number of benzene rings is 1. The van der Waals surface area contributed by atoms with Crippen LogP contribution in [0.2, 0.25) is 5.02 Å². The Morgan fingerprint density at radius 1 is 1.33 bits per heavy atom. The quantitative estimate of drug-likeness (QED) is 0.584. The second-order valence-corrected chi connectivity index (χ2v) is 5.08. The van der Waals surface area contributed by atoms with Crippen LogP contribution in [0.3, 0.4) is 0 Å². The van der Waals surface area contributed by atoms with E-state index in [1.807, 2.05) is 0 Å². The standard InChI is InChI=1S/C13H17BrClNO2/c14-7-2-1-3-8-16-13(17)10-18-12-6-4-5-11(15)9-12/h4-6,9H,1-3,7-8,10H2,(H,16,17). The number of carbonyl (C=O) groups excluding carboxylic acids is 1. The maximum Gasteiger partial charge on any atom is 0.257 e. The van der Waals surface area contributed by atoms with Crippen molar-refractivity contribution in [3.8, 4) is 5.75 Å². The molecule has 1 rings (SSSR count). The number of rotatable bonds is 8. The Morgan fingerprint density at radius 3 is 2.89 bits per heavy atom. The molecule has 0 spiro atoms. The predicted molar refractivity (Wildman–Crippen MR) is 77.6 cm³/mol. The van der Waals surface area contributed by atoms with Crippen LogP contribution in [-0.2, 0) is 4.79 Å². The summed E-state index contributed by atoms with van der Waals surface area (Å²) >= 11 is 9.18. The van der Waals surface area contributed by atoms with Gasteiger partial charge in [0, 0.05) is 16.9 Å². The minimum absolute atomic E-state index is 0.0266. The molecule has 1 amide bonds. The van der Waals surface area contributed by atoms with Gasteiger partial charge in [-0.25, -0.2) is 0 Å². The Labute approximate surface area is 121 Å². The van der Waals surface area contributed by atoms with Crippen molar-refractivity contribution in [3.63, 3.8) is 0 Å². The fourth-order valence-corrected chi connectivity index (χ4v) is 1.96. The summed E-state index contributed by atoms with van der Waals surface area (Å²) in [5.41, 5.74) is 0. The largest absolute Gasteiger partial charge is 0.484 e. The molecule has 0 saturated heterocycles. The monoisotopic (exact) mass is 333 g/mol. The van der Waals surface area contributed by atoms with Gasteiger partial charge >= 0.3 is 0 Å². The highest BCUT2D eigenvalue weighted by atomic mass is 79.9. The fourth-order valence-electron chi connectivity index (χ4n) is 1.38. The Morgan fingerprint density at radius 2 is 2.17 bits per heavy atom. The van der Waals surface area contributed by atoms with Crippen molar-refractivity contribution >= 4 is 33.4 Å². The molecule has 0 aliphatic carbocycles. The fraction of sp³-hybridized carbons (Fsp3) is 0.462. The molecular weight excluding hydrogens is 318 g/mol. The molecule has 18 heavy (non-hydrogen) atoms. The van der Waals surface area contributed by atoms with Gasteiger partial charge in [-0.15, -0.1) is 0 Å². The van der Waals surface area contributed by atoms with Crippen molar-refractivity contribution in [3.05, 3.63) is 29.3 Å². The summed E-state index contributed by atoms with van der Waals surface area (Å²) in [5, 5.41) is 4.43. The van der Waals surface area contributed by atoms with Crippen molar-refractivity contribution < 1.29 is 9.53 Å². The number of unbranched alkanes of at least 4 members (excludes halogenated alkanes) is 2. The van der Waals surface area contributed by atoms with Crippen LogP contribution in [0.4, 0.5) is 0 Å². The van der Waals surface area contributed by atoms with Gasteiger partial charge in [0.05, 0.1) is 0 Å². The molecule has 1 N–H and O–H groups in total. The third kappa shape index (κ3) is 6.87. The van der Waals surface area contributed by atoms with E-state index >= 15 is 0 Å². The average molecular weight is 335 g/mol. The van der Waals surface area contributed by atoms with Gasteiger partial charge in [-0.1, -0.05) is 40.0 Å². The van der Waals surface area contributed by atoms with E-state index in [4.69, 9.17) is 16.3 Å². The first-order chi connectivity index (χ1) is 8.72. The van der Waals surface area contributed by atoms with Gasteiger partial charge in [0.25, 0.3) is 5.91 Å². The zero-order chi connectivity index (χ0) is 13.2. The first-order valence-electron chi connectivity index (χ1n) is 5.93. The number of hydrogen-bond donors (Lipinski definition) is 1. The van der Waals surface area contributed by atoms with E-state index in [0.717, 1.165) is 24.6 Å². The highest BCUT2D eigenvalue weighted by molar-refractivity contribution is 9.09. The molecule has 1 aromatic carbocycles. The third-order valence-electron chi connectivity index (χ3n) is 2.30. The Balaban J connectivity index is 2.13. The highest BCUT2D eigenvalue weighted by Crippen LogP contribution is 2.16. The molecule has 1 aromatic rings. The lowest BCUT2D eigenvalue weighted by Gasteiger charge is -2.07. The molecule has 100 valence electrons. The van der Waals surface area contributed by atoms with Crippen molar-refractivity contribution in [1.29, 1.82) is 0 Å². The van der Waals surface area contributed by atoms with Crippen molar-refractivity contribution in [2.75, 3.05) is 18.5 Å². The number of carbonyl (C=O) groups is 1. The number of halogens is 2. The Hall–Kier alpha value is -0.740. The van der Waals surface area contributed by atoms with Crippen LogP contribution in [0.1, 0.15) is 19.3 Å². The number of ether oxygens (including phenoxy) is 1. The van der Waals surface area contributed by atoms with Crippen LogP contribution in [-0.4, -0.2) is 24.4 Å². The molecule has 0 aromatic heterocycles. The number of alkyl halides is 1. The predicted octanol–water partition coefficient (Wildman–Crippen LogP) is 3.40. The van der Waals surface area contributed by atoms with E-state index in [-0.39, 0.29) is 12.5 Å². The summed E-state index contributed by atoms with van der Waals surface area (Å²) in [6.07, 6.45) is 3.24. The number of amides is 1. The molecule has 0 bridgehead atoms. The summed E-state index contributed by atoms with van der Waals surface area (Å²) in [5.74, 6) is 0.505. The van der Waals surface area contributed by atoms with Gasteiger partial charge in [0.15, 0.2) is 6.61 Å². The molecule has 3 nitrogen and oxygen atoms in total. The Kier molecular flexibility index (Phi) is 7.85. The van der Waals surface area contributed by atoms with Crippen LogP contribution < -0.4 is 10.1 Å². The van der Waals surface area contributed by atoms with Gasteiger partial charge in [-0.3, -0.25) is 4.79 Å². The smallest absolute Gasteiger partial charge is 0.257 e. The Bertz CT molecular complexity index is 374. The summed E-state index contributed by atoms with van der Waals surface area (Å²) in [7, 11) is 0. The summed E-state index contributed by atoms with van der Waals surface area (Å²) in [4.78, 5) is 11.5. The number of nitrogens with one attached hydrogen (secondary N) is 1. The van der Waals surface area contributed by atoms with Crippen LogP contribution in [0.15, 0.2) is 24.3 Å². The lowest BCUT2D eigenvalue weighted by molar-refractivity contribution is -0.123. The van der Waals surface area contributed by atoms with Crippen LogP contribution in [0.5, 0.6) is 5.75 Å². The van der Waals surface area contributed by atoms with E-state index in [2.05, 4.69) is 21.2 Å². The SMILES string of the molecule is O=C(COc1cccc(Cl)c1)NCCCCCBr. The van der Waals surface area contributed by atoms with Gasteiger partial charge in [-0.2, -0.15) is 0 Å². The first kappa shape index (κ1) is 15.3. The molecule has 0 heterocycles. The maximum atomic E-state index is 11.5. The zero-order valence-corrected chi connectivity index (χ0v) is 12.5. The van der Waals surface area contributed by atoms with E-state index in [9.17, 15) is 4.79 Å². The van der Waals surface area contributed by atoms with E-state index in [1.165, 1.54) is 0 Å². The van der Waals surface area contributed by atoms with E-state index in [0.29, 0.717) is 17.3 Å². The maximum absolute atomic E-state index is 11.5. The topological polar surface area (TPSA) is 38.3 Å². The molecular formula is C13H17BrClNO2. The second-order valence-electron chi connectivity index (χ2n) is 3.85. The van der Waals surface area contributed by atoms with E-state index < -0.39 is 0 Å². The summed E-state index contributed by atoms with van der Waals surface area (Å²) < 4.78 is 5.32. The molecule has 0 aliphatic heterocycles. The summed E-state index contributed by atoms with van der Waals surface area (Å²) in [6, 6.07) is 7.01. The van der Waals surface area contributed by atoms with Crippen molar-refractivity contribution in [2.24, 2.45) is 0 Å². The van der Waals surface area contributed by atoms with Crippen LogP contribution in [0, 0.1) is 0 Å². The van der Waals surface area contributed by atoms with Crippen LogP contribution in [0.25, 0.3) is 0 Å². The highest BCUT2D eigenvalue weighted by Gasteiger charge is 2.02. The number of hydrogen-bond acceptors (Lipinski definition) is 2. The van der Waals surface area contributed by atoms with Crippen molar-refractivity contribution in [2.45, 2.75) is 19.3 Å². The lowest BCUT2D eigenvalue weighted by atomic mass is 10.2. The van der Waals surface area contributed by atoms with Gasteiger partial charge < -0.3 is 10.1 Å². The molecule has 0 atom stereocenters. The van der Waals surface area contributed by atoms with E-state index in [1.54, 1.807) is 24.3 Å². The average Bonchev–Trinajstić information content (AvgIpc) is 2.36. The third-order valence-corrected chi connectivity index (χ3v) is 3.09. The zero-order valence-electron chi connectivity index (χ0n) is 10.1. The first-order valence-corrected chi connectivity index (χ1v) is 7.43. The normalized spacial score (nSPS) is 10.1. The molecule has 5 heteroatoms. The van der Waals surface area contributed by atoms with Crippen molar-refractivity contribution in [1.82, 2.24) is 5.32 Å². The van der Waals surface area contributed by atoms with Crippen LogP contribution >= 0.6 is 27.5 Å². The summed E-state index contributed by atoms with van der Waals surface area (Å²) in [6.45, 7) is 0.726. The molecule has 0 radical (unpaired) electrons. The van der Waals surface area contributed by atoms with Gasteiger partial charge in [0.2, 0.25) is 0 Å². The molecule has 0 fully saturated rings. The lowest BCUT2D eigenvalue weighted by Crippen LogP contribution is -2.29. The minimum atomic E-state index is -0.103. The molecule has 0 saturated carbocycles. The van der Waals surface area contributed by atoms with Gasteiger partial charge in [0.1, 0.15) is 5.75 Å². The molecule has 0 aliphatic rings.